The molecule has 3 heteroatoms. The zero-order chi connectivity index (χ0) is 16.7. The number of hydrogen-bond acceptors (Lipinski definition) is 3. The lowest BCUT2D eigenvalue weighted by molar-refractivity contribution is -0.124. The fourth-order valence-electron chi connectivity index (χ4n) is 3.95. The predicted molar refractivity (Wildman–Crippen MR) is 97.9 cm³/mol. The molecule has 1 heterocycles. The molecule has 2 unspecified atom stereocenters. The van der Waals surface area contributed by atoms with E-state index >= 15 is 0 Å². The Balaban J connectivity index is 1.87. The van der Waals surface area contributed by atoms with Gasteiger partial charge in [0.15, 0.2) is 0 Å². The van der Waals surface area contributed by atoms with E-state index in [2.05, 4.69) is 31.3 Å². The minimum absolute atomic E-state index is 0.0209. The summed E-state index contributed by atoms with van der Waals surface area (Å²) in [5, 5.41) is 3.60. The van der Waals surface area contributed by atoms with Gasteiger partial charge in [-0.1, -0.05) is 56.3 Å². The van der Waals surface area contributed by atoms with Gasteiger partial charge in [0.05, 0.1) is 23.3 Å². The molecule has 24 heavy (non-hydrogen) atoms. The number of benzene rings is 2. The van der Waals surface area contributed by atoms with Crippen molar-refractivity contribution in [3.63, 3.8) is 0 Å². The third-order valence-corrected chi connectivity index (χ3v) is 4.99. The number of Topliss-reactive ketones (excluding diaryl/α,β-unsaturated/α-hetero) is 1. The quantitative estimate of drug-likeness (QED) is 0.810. The number of nitrogens with zero attached hydrogens (tertiary/aromatic N) is 1. The maximum Gasteiger partial charge on any atom is 0.144 e. The van der Waals surface area contributed by atoms with Crippen LogP contribution in [-0.2, 0) is 4.79 Å². The molecule has 4 rings (SSSR count). The first-order chi connectivity index (χ1) is 11.5. The summed E-state index contributed by atoms with van der Waals surface area (Å²) >= 11 is 0. The second kappa shape index (κ2) is 5.59. The van der Waals surface area contributed by atoms with Crippen molar-refractivity contribution in [2.24, 2.45) is 16.3 Å². The van der Waals surface area contributed by atoms with Gasteiger partial charge >= 0.3 is 0 Å². The number of aliphatic imine (C=N–C) groups is 1. The minimum atomic E-state index is -0.187. The number of anilines is 1. The zero-order valence-corrected chi connectivity index (χ0v) is 14.1. The number of fused-ring (bicyclic) bond motifs is 2. The van der Waals surface area contributed by atoms with Crippen LogP contribution in [0.3, 0.4) is 0 Å². The third-order valence-electron chi connectivity index (χ3n) is 4.99. The molecule has 1 saturated carbocycles. The topological polar surface area (TPSA) is 41.5 Å². The SMILES string of the molecule is CC1(C)CC(=O)C2C(=Nc3ccccc3NC2c2ccccc2)C1. The molecular formula is C21H22N2O. The van der Waals surface area contributed by atoms with Crippen LogP contribution in [0.1, 0.15) is 38.3 Å². The minimum Gasteiger partial charge on any atom is -0.375 e. The maximum absolute atomic E-state index is 13.0. The number of para-hydroxylation sites is 2. The van der Waals surface area contributed by atoms with Gasteiger partial charge in [0.25, 0.3) is 0 Å². The highest BCUT2D eigenvalue weighted by molar-refractivity contribution is 6.10. The van der Waals surface area contributed by atoms with Gasteiger partial charge in [-0.2, -0.15) is 0 Å². The molecule has 0 bridgehead atoms. The van der Waals surface area contributed by atoms with Crippen molar-refractivity contribution in [1.82, 2.24) is 0 Å². The van der Waals surface area contributed by atoms with Gasteiger partial charge in [-0.3, -0.25) is 9.79 Å². The van der Waals surface area contributed by atoms with Gasteiger partial charge in [-0.25, -0.2) is 0 Å². The highest BCUT2D eigenvalue weighted by Gasteiger charge is 2.43. The van der Waals surface area contributed by atoms with Crippen molar-refractivity contribution in [1.29, 1.82) is 0 Å². The molecule has 1 N–H and O–H groups in total. The summed E-state index contributed by atoms with van der Waals surface area (Å²) in [5.74, 6) is 0.104. The monoisotopic (exact) mass is 318 g/mol. The van der Waals surface area contributed by atoms with Crippen LogP contribution in [0, 0.1) is 11.3 Å². The smallest absolute Gasteiger partial charge is 0.144 e. The maximum atomic E-state index is 13.0. The van der Waals surface area contributed by atoms with Gasteiger partial charge in [-0.15, -0.1) is 0 Å². The molecular weight excluding hydrogens is 296 g/mol. The Morgan fingerprint density at radius 3 is 2.50 bits per heavy atom. The van der Waals surface area contributed by atoms with Crippen molar-refractivity contribution in [2.75, 3.05) is 5.32 Å². The Kier molecular flexibility index (Phi) is 3.52. The Morgan fingerprint density at radius 1 is 1.00 bits per heavy atom. The van der Waals surface area contributed by atoms with E-state index in [1.807, 2.05) is 42.5 Å². The van der Waals surface area contributed by atoms with Crippen molar-refractivity contribution in [3.8, 4) is 0 Å². The second-order valence-corrected chi connectivity index (χ2v) is 7.61. The lowest BCUT2D eigenvalue weighted by Gasteiger charge is -2.37. The molecule has 122 valence electrons. The zero-order valence-electron chi connectivity index (χ0n) is 14.1. The number of carbonyl (C=O) groups excluding carboxylic acids is 1. The first kappa shape index (κ1) is 15.1. The Hall–Kier alpha value is -2.42. The number of rotatable bonds is 1. The Morgan fingerprint density at radius 2 is 1.71 bits per heavy atom. The molecule has 2 aromatic carbocycles. The Bertz CT molecular complexity index is 808. The fraction of sp³-hybridized carbons (Fsp3) is 0.333. The van der Waals surface area contributed by atoms with Gasteiger partial charge < -0.3 is 5.32 Å². The van der Waals surface area contributed by atoms with E-state index in [4.69, 9.17) is 4.99 Å². The van der Waals surface area contributed by atoms with Crippen molar-refractivity contribution in [2.45, 2.75) is 32.7 Å². The third kappa shape index (κ3) is 2.64. The van der Waals surface area contributed by atoms with E-state index in [-0.39, 0.29) is 17.4 Å². The average Bonchev–Trinajstić information content (AvgIpc) is 2.70. The lowest BCUT2D eigenvalue weighted by Crippen LogP contribution is -2.42. The van der Waals surface area contributed by atoms with Crippen LogP contribution < -0.4 is 5.32 Å². The molecule has 3 nitrogen and oxygen atoms in total. The number of hydrogen-bond donors (Lipinski definition) is 1. The summed E-state index contributed by atoms with van der Waals surface area (Å²) in [5.41, 5.74) is 4.07. The molecule has 1 aliphatic carbocycles. The number of nitrogens with one attached hydrogen (secondary N) is 1. The van der Waals surface area contributed by atoms with Crippen molar-refractivity contribution in [3.05, 3.63) is 60.2 Å². The normalized spacial score (nSPS) is 24.9. The molecule has 1 aliphatic heterocycles. The Labute approximate surface area is 142 Å². The number of carbonyl (C=O) groups is 1. The second-order valence-electron chi connectivity index (χ2n) is 7.61. The van der Waals surface area contributed by atoms with E-state index in [0.29, 0.717) is 12.2 Å². The molecule has 2 aromatic rings. The standard InChI is InChI=1S/C21H22N2O/c1-21(2)12-17-19(18(24)13-21)20(14-8-4-3-5-9-14)23-16-11-7-6-10-15(16)22-17/h3-11,19-20,23H,12-13H2,1-2H3. The van der Waals surface area contributed by atoms with E-state index in [9.17, 15) is 4.79 Å². The summed E-state index contributed by atoms with van der Waals surface area (Å²) in [4.78, 5) is 17.9. The van der Waals surface area contributed by atoms with E-state index in [1.165, 1.54) is 0 Å². The van der Waals surface area contributed by atoms with Gasteiger partial charge in [-0.05, 0) is 29.5 Å². The molecule has 0 amide bonds. The molecule has 0 saturated heterocycles. The first-order valence-corrected chi connectivity index (χ1v) is 8.54. The molecule has 2 atom stereocenters. The summed E-state index contributed by atoms with van der Waals surface area (Å²) in [7, 11) is 0. The summed E-state index contributed by atoms with van der Waals surface area (Å²) < 4.78 is 0. The first-order valence-electron chi connectivity index (χ1n) is 8.54. The largest absolute Gasteiger partial charge is 0.375 e. The van der Waals surface area contributed by atoms with E-state index in [1.54, 1.807) is 0 Å². The van der Waals surface area contributed by atoms with E-state index < -0.39 is 0 Å². The lowest BCUT2D eigenvalue weighted by atomic mass is 9.68. The molecule has 2 aliphatic rings. The molecule has 0 radical (unpaired) electrons. The fourth-order valence-corrected chi connectivity index (χ4v) is 3.95. The summed E-state index contributed by atoms with van der Waals surface area (Å²) in [6, 6.07) is 18.3. The molecule has 0 aromatic heterocycles. The summed E-state index contributed by atoms with van der Waals surface area (Å²) in [6.45, 7) is 4.32. The average molecular weight is 318 g/mol. The van der Waals surface area contributed by atoms with Crippen LogP contribution >= 0.6 is 0 Å². The highest BCUT2D eigenvalue weighted by atomic mass is 16.1. The predicted octanol–water partition coefficient (Wildman–Crippen LogP) is 4.93. The molecule has 1 fully saturated rings. The van der Waals surface area contributed by atoms with Crippen LogP contribution in [0.25, 0.3) is 0 Å². The highest BCUT2D eigenvalue weighted by Crippen LogP contribution is 2.44. The van der Waals surface area contributed by atoms with Crippen LogP contribution in [0.2, 0.25) is 0 Å². The van der Waals surface area contributed by atoms with Crippen LogP contribution in [-0.4, -0.2) is 11.5 Å². The van der Waals surface area contributed by atoms with E-state index in [0.717, 1.165) is 29.1 Å². The van der Waals surface area contributed by atoms with Crippen LogP contribution in [0.15, 0.2) is 59.6 Å². The van der Waals surface area contributed by atoms with Crippen LogP contribution in [0.5, 0.6) is 0 Å². The summed E-state index contributed by atoms with van der Waals surface area (Å²) in [6.07, 6.45) is 1.47. The van der Waals surface area contributed by atoms with Gasteiger partial charge in [0, 0.05) is 12.1 Å². The van der Waals surface area contributed by atoms with Crippen molar-refractivity contribution >= 4 is 22.9 Å². The van der Waals surface area contributed by atoms with Crippen molar-refractivity contribution < 1.29 is 4.79 Å². The molecule has 0 spiro atoms. The number of ketones is 1. The van der Waals surface area contributed by atoms with Gasteiger partial charge in [0.1, 0.15) is 5.78 Å². The van der Waals surface area contributed by atoms with Gasteiger partial charge in [0.2, 0.25) is 0 Å². The van der Waals surface area contributed by atoms with Crippen LogP contribution in [0.4, 0.5) is 11.4 Å².